The predicted molar refractivity (Wildman–Crippen MR) is 108 cm³/mol. The van der Waals surface area contributed by atoms with Crippen molar-refractivity contribution in [3.8, 4) is 11.5 Å². The molecule has 0 fully saturated rings. The molecular formula is C19H20Br2N2O2. The lowest BCUT2D eigenvalue weighted by Gasteiger charge is -2.46. The molecule has 132 valence electrons. The Labute approximate surface area is 165 Å². The van der Waals surface area contributed by atoms with E-state index >= 15 is 0 Å². The van der Waals surface area contributed by atoms with Gasteiger partial charge in [-0.2, -0.15) is 0 Å². The summed E-state index contributed by atoms with van der Waals surface area (Å²) in [7, 11) is 3.48. The highest BCUT2D eigenvalue weighted by molar-refractivity contribution is 9.10. The van der Waals surface area contributed by atoms with Gasteiger partial charge in [-0.25, -0.2) is 0 Å². The zero-order valence-electron chi connectivity index (χ0n) is 14.7. The molecule has 6 heteroatoms. The molecule has 2 aliphatic heterocycles. The highest BCUT2D eigenvalue weighted by Gasteiger charge is 2.35. The third kappa shape index (κ3) is 2.45. The van der Waals surface area contributed by atoms with Crippen LogP contribution in [-0.4, -0.2) is 20.9 Å². The smallest absolute Gasteiger partial charge is 0.140 e. The van der Waals surface area contributed by atoms with Gasteiger partial charge in [0.1, 0.15) is 11.5 Å². The highest BCUT2D eigenvalue weighted by Crippen LogP contribution is 2.49. The van der Waals surface area contributed by atoms with Crippen molar-refractivity contribution < 1.29 is 9.47 Å². The van der Waals surface area contributed by atoms with Crippen LogP contribution in [0.1, 0.15) is 22.3 Å². The zero-order chi connectivity index (χ0) is 17.9. The summed E-state index contributed by atoms with van der Waals surface area (Å²) in [5.74, 6) is 1.86. The molecule has 2 aromatic carbocycles. The average molecular weight is 468 g/mol. The molecule has 25 heavy (non-hydrogen) atoms. The lowest BCUT2D eigenvalue weighted by Crippen LogP contribution is -2.47. The topological polar surface area (TPSA) is 24.9 Å². The molecule has 0 N–H and O–H groups in total. The van der Waals surface area contributed by atoms with Gasteiger partial charge in [0.2, 0.25) is 0 Å². The number of nitrogens with zero attached hydrogens (tertiary/aromatic N) is 2. The normalized spacial score (nSPS) is 15.0. The summed E-state index contributed by atoms with van der Waals surface area (Å²) in [5, 5.41) is 0. The molecule has 2 aliphatic rings. The number of hydrogen-bond donors (Lipinski definition) is 0. The van der Waals surface area contributed by atoms with Crippen LogP contribution >= 0.6 is 31.9 Å². The van der Waals surface area contributed by atoms with E-state index in [0.717, 1.165) is 40.2 Å². The van der Waals surface area contributed by atoms with Crippen LogP contribution in [0.4, 0.5) is 11.4 Å². The molecule has 0 aliphatic carbocycles. The first kappa shape index (κ1) is 17.0. The molecule has 2 bridgehead atoms. The summed E-state index contributed by atoms with van der Waals surface area (Å²) in [4.78, 5) is 4.83. The van der Waals surface area contributed by atoms with Crippen molar-refractivity contribution in [3.05, 3.63) is 43.3 Å². The van der Waals surface area contributed by atoms with Gasteiger partial charge >= 0.3 is 0 Å². The molecule has 2 aromatic rings. The number of fused-ring (bicyclic) bond motifs is 6. The van der Waals surface area contributed by atoms with E-state index < -0.39 is 0 Å². The van der Waals surface area contributed by atoms with Crippen molar-refractivity contribution in [2.45, 2.75) is 26.9 Å². The van der Waals surface area contributed by atoms with Gasteiger partial charge < -0.3 is 19.3 Å². The molecule has 4 nitrogen and oxygen atoms in total. The second-order valence-electron chi connectivity index (χ2n) is 6.61. The summed E-state index contributed by atoms with van der Waals surface area (Å²) >= 11 is 7.31. The molecule has 0 amide bonds. The fraction of sp³-hybridized carbons (Fsp3) is 0.368. The number of hydrogen-bond acceptors (Lipinski definition) is 4. The largest absolute Gasteiger partial charge is 0.495 e. The molecule has 0 atom stereocenters. The fourth-order valence-electron chi connectivity index (χ4n) is 4.23. The van der Waals surface area contributed by atoms with E-state index in [1.807, 2.05) is 0 Å². The van der Waals surface area contributed by atoms with Crippen molar-refractivity contribution in [2.75, 3.05) is 30.7 Å². The number of anilines is 2. The van der Waals surface area contributed by atoms with Crippen LogP contribution in [0, 0.1) is 13.8 Å². The molecular weight excluding hydrogens is 448 g/mol. The summed E-state index contributed by atoms with van der Waals surface area (Å²) in [6.45, 7) is 6.87. The van der Waals surface area contributed by atoms with Crippen molar-refractivity contribution in [1.29, 1.82) is 0 Å². The summed E-state index contributed by atoms with van der Waals surface area (Å²) < 4.78 is 13.5. The maximum atomic E-state index is 5.71. The fourth-order valence-corrected chi connectivity index (χ4v) is 5.72. The van der Waals surface area contributed by atoms with Crippen molar-refractivity contribution >= 4 is 43.2 Å². The summed E-state index contributed by atoms with van der Waals surface area (Å²) in [5.41, 5.74) is 7.57. The number of rotatable bonds is 2. The van der Waals surface area contributed by atoms with Crippen molar-refractivity contribution in [3.63, 3.8) is 0 Å². The molecule has 0 saturated heterocycles. The Balaban J connectivity index is 1.94. The molecule has 2 heterocycles. The zero-order valence-corrected chi connectivity index (χ0v) is 17.9. The number of aryl methyl sites for hydroxylation is 2. The standard InChI is InChI=1S/C19H20Br2N2O2/c1-10-5-14(20)18(24-3)12-7-23-9-22(16(10)12)8-13-17(23)11(2)6-15(21)19(13)25-4/h5-6H,7-9H2,1-4H3. The summed E-state index contributed by atoms with van der Waals surface area (Å²) in [6, 6.07) is 4.29. The van der Waals surface area contributed by atoms with Crippen molar-refractivity contribution in [2.24, 2.45) is 0 Å². The number of ether oxygens (including phenoxy) is 2. The Morgan fingerprint density at radius 3 is 1.56 bits per heavy atom. The quantitative estimate of drug-likeness (QED) is 0.610. The second-order valence-corrected chi connectivity index (χ2v) is 8.32. The van der Waals surface area contributed by atoms with Crippen LogP contribution in [0.15, 0.2) is 21.1 Å². The van der Waals surface area contributed by atoms with Gasteiger partial charge in [-0.15, -0.1) is 0 Å². The van der Waals surface area contributed by atoms with E-state index in [1.165, 1.54) is 33.6 Å². The highest BCUT2D eigenvalue weighted by atomic mass is 79.9. The lowest BCUT2D eigenvalue weighted by atomic mass is 9.96. The minimum absolute atomic E-state index is 0.827. The number of methoxy groups -OCH3 is 2. The van der Waals surface area contributed by atoms with Gasteiger partial charge in [0, 0.05) is 11.1 Å². The molecule has 0 saturated carbocycles. The molecule has 0 aromatic heterocycles. The van der Waals surface area contributed by atoms with E-state index in [1.54, 1.807) is 14.2 Å². The third-order valence-corrected chi connectivity index (χ3v) is 6.25. The first-order chi connectivity index (χ1) is 12.0. The monoisotopic (exact) mass is 466 g/mol. The van der Waals surface area contributed by atoms with Crippen LogP contribution in [0.25, 0.3) is 0 Å². The maximum Gasteiger partial charge on any atom is 0.140 e. The third-order valence-electron chi connectivity index (χ3n) is 5.07. The van der Waals surface area contributed by atoms with E-state index in [9.17, 15) is 0 Å². The minimum Gasteiger partial charge on any atom is -0.495 e. The molecule has 0 unspecified atom stereocenters. The Morgan fingerprint density at radius 2 is 1.20 bits per heavy atom. The van der Waals surface area contributed by atoms with E-state index in [-0.39, 0.29) is 0 Å². The van der Waals surface area contributed by atoms with Gasteiger partial charge in [-0.3, -0.25) is 0 Å². The predicted octanol–water partition coefficient (Wildman–Crippen LogP) is 5.14. The van der Waals surface area contributed by atoms with Crippen molar-refractivity contribution in [1.82, 2.24) is 0 Å². The summed E-state index contributed by atoms with van der Waals surface area (Å²) in [6.07, 6.45) is 0. The van der Waals surface area contributed by atoms with Gasteiger partial charge in [0.25, 0.3) is 0 Å². The van der Waals surface area contributed by atoms with Crippen LogP contribution in [0.2, 0.25) is 0 Å². The number of halogens is 2. The van der Waals surface area contributed by atoms with Crippen LogP contribution in [0.5, 0.6) is 11.5 Å². The van der Waals surface area contributed by atoms with Gasteiger partial charge in [0.05, 0.1) is 54.3 Å². The Kier molecular flexibility index (Phi) is 4.15. The SMILES string of the molecule is COc1c(Br)cc(C)c2c1CN1CN2Cc2c(OC)c(Br)cc(C)c21. The minimum atomic E-state index is 0.827. The average Bonchev–Trinajstić information content (AvgIpc) is 2.54. The van der Waals surface area contributed by atoms with E-state index in [0.29, 0.717) is 0 Å². The van der Waals surface area contributed by atoms with Gasteiger partial charge in [-0.1, -0.05) is 0 Å². The molecule has 0 spiro atoms. The lowest BCUT2D eigenvalue weighted by molar-refractivity contribution is 0.400. The Hall–Kier alpha value is -1.40. The molecule has 4 rings (SSSR count). The van der Waals surface area contributed by atoms with E-state index in [2.05, 4.69) is 67.6 Å². The first-order valence-corrected chi connectivity index (χ1v) is 9.76. The molecule has 0 radical (unpaired) electrons. The van der Waals surface area contributed by atoms with Gasteiger partial charge in [0.15, 0.2) is 0 Å². The van der Waals surface area contributed by atoms with Crippen LogP contribution < -0.4 is 19.3 Å². The van der Waals surface area contributed by atoms with Gasteiger partial charge in [-0.05, 0) is 69.0 Å². The van der Waals surface area contributed by atoms with Crippen LogP contribution in [-0.2, 0) is 13.1 Å². The van der Waals surface area contributed by atoms with Crippen LogP contribution in [0.3, 0.4) is 0 Å². The maximum absolute atomic E-state index is 5.71. The Morgan fingerprint density at radius 1 is 0.800 bits per heavy atom. The first-order valence-electron chi connectivity index (χ1n) is 8.18. The van der Waals surface area contributed by atoms with E-state index in [4.69, 9.17) is 9.47 Å². The second kappa shape index (κ2) is 6.09. The number of benzene rings is 2. The Bertz CT molecular complexity index is 811.